The molecule has 0 bridgehead atoms. The van der Waals surface area contributed by atoms with Gasteiger partial charge in [0.1, 0.15) is 11.6 Å². The first-order valence-corrected chi connectivity index (χ1v) is 6.14. The number of nitrogens with one attached hydrogen (secondary N) is 1. The molecule has 2 nitrogen and oxygen atoms in total. The number of hydrogen-bond donors (Lipinski definition) is 1. The fourth-order valence-electron chi connectivity index (χ4n) is 2.09. The second-order valence-electron chi connectivity index (χ2n) is 4.51. The lowest BCUT2D eigenvalue weighted by atomic mass is 9.99. The van der Waals surface area contributed by atoms with E-state index >= 15 is 0 Å². The van der Waals surface area contributed by atoms with Gasteiger partial charge in [-0.1, -0.05) is 0 Å². The van der Waals surface area contributed by atoms with Gasteiger partial charge in [0.2, 0.25) is 0 Å². The molecule has 0 spiro atoms. The summed E-state index contributed by atoms with van der Waals surface area (Å²) in [5.74, 6) is -0.801. The van der Waals surface area contributed by atoms with Gasteiger partial charge in [-0.2, -0.15) is 0 Å². The normalized spacial score (nSPS) is 12.4. The van der Waals surface area contributed by atoms with E-state index in [0.717, 1.165) is 23.4 Å². The summed E-state index contributed by atoms with van der Waals surface area (Å²) in [6.45, 7) is 1.90. The van der Waals surface area contributed by atoms with E-state index in [1.807, 2.05) is 19.1 Å². The Labute approximate surface area is 111 Å². The first-order chi connectivity index (χ1) is 9.10. The van der Waals surface area contributed by atoms with Crippen LogP contribution in [0, 0.1) is 18.6 Å². The number of halogens is 2. The molecule has 0 saturated carbocycles. The highest BCUT2D eigenvalue weighted by Crippen LogP contribution is 2.20. The minimum atomic E-state index is -0.419. The Morgan fingerprint density at radius 3 is 2.68 bits per heavy atom. The van der Waals surface area contributed by atoms with Crippen LogP contribution in [0.15, 0.2) is 36.5 Å². The third-order valence-electron chi connectivity index (χ3n) is 3.10. The maximum absolute atomic E-state index is 13.7. The molecule has 0 aliphatic heterocycles. The molecule has 0 fully saturated rings. The topological polar surface area (TPSA) is 24.9 Å². The van der Waals surface area contributed by atoms with Crippen LogP contribution in [0.4, 0.5) is 8.78 Å². The largest absolute Gasteiger partial charge is 0.313 e. The summed E-state index contributed by atoms with van der Waals surface area (Å²) in [6.07, 6.45) is 2.11. The smallest absolute Gasteiger partial charge is 0.126 e. The van der Waals surface area contributed by atoms with Gasteiger partial charge in [0.15, 0.2) is 0 Å². The minimum absolute atomic E-state index is 0.0713. The zero-order valence-electron chi connectivity index (χ0n) is 11.0. The van der Waals surface area contributed by atoms with Crippen molar-refractivity contribution in [1.29, 1.82) is 0 Å². The van der Waals surface area contributed by atoms with E-state index in [2.05, 4.69) is 10.3 Å². The molecule has 2 rings (SSSR count). The van der Waals surface area contributed by atoms with Gasteiger partial charge in [-0.25, -0.2) is 8.78 Å². The Hall–Kier alpha value is -1.81. The number of aryl methyl sites for hydroxylation is 1. The molecule has 1 unspecified atom stereocenters. The fraction of sp³-hybridized carbons (Fsp3) is 0.267. The molecule has 1 aromatic heterocycles. The van der Waals surface area contributed by atoms with Crippen molar-refractivity contribution in [3.8, 4) is 0 Å². The zero-order chi connectivity index (χ0) is 13.8. The SMILES string of the molecule is CNC(Cc1cc(F)ccc1F)c1ccnc(C)c1. The number of aromatic nitrogens is 1. The molecule has 0 aliphatic rings. The highest BCUT2D eigenvalue weighted by Gasteiger charge is 2.13. The van der Waals surface area contributed by atoms with E-state index < -0.39 is 5.82 Å². The molecule has 1 atom stereocenters. The molecule has 0 saturated heterocycles. The Kier molecular flexibility index (Phi) is 4.22. The Balaban J connectivity index is 2.26. The molecule has 100 valence electrons. The van der Waals surface area contributed by atoms with Gasteiger partial charge in [0, 0.05) is 17.9 Å². The monoisotopic (exact) mass is 262 g/mol. The summed E-state index contributed by atoms with van der Waals surface area (Å²) in [7, 11) is 1.80. The summed E-state index contributed by atoms with van der Waals surface area (Å²) in [5, 5.41) is 3.12. The average Bonchev–Trinajstić information content (AvgIpc) is 2.39. The molecule has 1 aromatic carbocycles. The van der Waals surface area contributed by atoms with Crippen LogP contribution in [0.5, 0.6) is 0 Å². The van der Waals surface area contributed by atoms with E-state index in [9.17, 15) is 8.78 Å². The van der Waals surface area contributed by atoms with Crippen LogP contribution in [-0.4, -0.2) is 12.0 Å². The summed E-state index contributed by atoms with van der Waals surface area (Å²) >= 11 is 0. The number of likely N-dealkylation sites (N-methyl/N-ethyl adjacent to an activating group) is 1. The summed E-state index contributed by atoms with van der Waals surface area (Å²) in [6, 6.07) is 7.29. The third-order valence-corrected chi connectivity index (χ3v) is 3.10. The Morgan fingerprint density at radius 1 is 1.21 bits per heavy atom. The van der Waals surface area contributed by atoms with Crippen molar-refractivity contribution in [2.75, 3.05) is 7.05 Å². The quantitative estimate of drug-likeness (QED) is 0.915. The lowest BCUT2D eigenvalue weighted by molar-refractivity contribution is 0.543. The van der Waals surface area contributed by atoms with Gasteiger partial charge < -0.3 is 5.32 Å². The molecule has 0 aliphatic carbocycles. The van der Waals surface area contributed by atoms with Crippen LogP contribution >= 0.6 is 0 Å². The lowest BCUT2D eigenvalue weighted by Gasteiger charge is -2.17. The summed E-state index contributed by atoms with van der Waals surface area (Å²) in [4.78, 5) is 4.13. The molecule has 1 heterocycles. The Morgan fingerprint density at radius 2 is 2.00 bits per heavy atom. The van der Waals surface area contributed by atoms with E-state index in [4.69, 9.17) is 0 Å². The first kappa shape index (κ1) is 13.6. The minimum Gasteiger partial charge on any atom is -0.313 e. The van der Waals surface area contributed by atoms with Gasteiger partial charge >= 0.3 is 0 Å². The van der Waals surface area contributed by atoms with Crippen LogP contribution in [0.3, 0.4) is 0 Å². The van der Waals surface area contributed by atoms with Crippen molar-refractivity contribution >= 4 is 0 Å². The van der Waals surface area contributed by atoms with Crippen LogP contribution < -0.4 is 5.32 Å². The molecule has 4 heteroatoms. The van der Waals surface area contributed by atoms with Gasteiger partial charge in [0.05, 0.1) is 0 Å². The lowest BCUT2D eigenvalue weighted by Crippen LogP contribution is -2.19. The summed E-state index contributed by atoms with van der Waals surface area (Å²) in [5.41, 5.74) is 2.28. The molecular formula is C15H16F2N2. The maximum Gasteiger partial charge on any atom is 0.126 e. The van der Waals surface area contributed by atoms with E-state index in [0.29, 0.717) is 12.0 Å². The van der Waals surface area contributed by atoms with Crippen LogP contribution in [-0.2, 0) is 6.42 Å². The van der Waals surface area contributed by atoms with Crippen LogP contribution in [0.2, 0.25) is 0 Å². The highest BCUT2D eigenvalue weighted by molar-refractivity contribution is 5.25. The van der Waals surface area contributed by atoms with Gasteiger partial charge in [-0.05, 0) is 61.9 Å². The molecule has 2 aromatic rings. The van der Waals surface area contributed by atoms with Crippen molar-refractivity contribution < 1.29 is 8.78 Å². The number of pyridine rings is 1. The maximum atomic E-state index is 13.7. The number of benzene rings is 1. The van der Waals surface area contributed by atoms with E-state index in [1.54, 1.807) is 13.2 Å². The van der Waals surface area contributed by atoms with Crippen LogP contribution in [0.25, 0.3) is 0 Å². The van der Waals surface area contributed by atoms with Crippen molar-refractivity contribution in [2.45, 2.75) is 19.4 Å². The number of rotatable bonds is 4. The average molecular weight is 262 g/mol. The van der Waals surface area contributed by atoms with Crippen molar-refractivity contribution in [3.63, 3.8) is 0 Å². The molecule has 0 radical (unpaired) electrons. The number of hydrogen-bond acceptors (Lipinski definition) is 2. The molecular weight excluding hydrogens is 246 g/mol. The molecule has 1 N–H and O–H groups in total. The van der Waals surface area contributed by atoms with Gasteiger partial charge in [-0.15, -0.1) is 0 Å². The number of nitrogens with zero attached hydrogens (tertiary/aromatic N) is 1. The van der Waals surface area contributed by atoms with Crippen molar-refractivity contribution in [3.05, 3.63) is 65.0 Å². The molecule has 0 amide bonds. The van der Waals surface area contributed by atoms with Gasteiger partial charge in [0.25, 0.3) is 0 Å². The standard InChI is InChI=1S/C15H16F2N2/c1-10-7-11(5-6-19-10)15(18-2)9-12-8-13(16)3-4-14(12)17/h3-8,15,18H,9H2,1-2H3. The Bertz CT molecular complexity index is 570. The first-order valence-electron chi connectivity index (χ1n) is 6.14. The van der Waals surface area contributed by atoms with Gasteiger partial charge in [-0.3, -0.25) is 4.98 Å². The van der Waals surface area contributed by atoms with Crippen LogP contribution in [0.1, 0.15) is 22.9 Å². The predicted octanol–water partition coefficient (Wildman–Crippen LogP) is 3.17. The third kappa shape index (κ3) is 3.35. The van der Waals surface area contributed by atoms with E-state index in [1.165, 1.54) is 6.07 Å². The molecule has 19 heavy (non-hydrogen) atoms. The van der Waals surface area contributed by atoms with Crippen molar-refractivity contribution in [1.82, 2.24) is 10.3 Å². The highest BCUT2D eigenvalue weighted by atomic mass is 19.1. The van der Waals surface area contributed by atoms with E-state index in [-0.39, 0.29) is 11.9 Å². The van der Waals surface area contributed by atoms with Crippen molar-refractivity contribution in [2.24, 2.45) is 0 Å². The second-order valence-corrected chi connectivity index (χ2v) is 4.51. The second kappa shape index (κ2) is 5.89. The summed E-state index contributed by atoms with van der Waals surface area (Å²) < 4.78 is 26.8. The fourth-order valence-corrected chi connectivity index (χ4v) is 2.09. The zero-order valence-corrected chi connectivity index (χ0v) is 11.0. The predicted molar refractivity (Wildman–Crippen MR) is 70.8 cm³/mol.